The molecule has 3 aliphatic rings. The lowest BCUT2D eigenvalue weighted by Crippen LogP contribution is -2.47. The predicted octanol–water partition coefficient (Wildman–Crippen LogP) is 2.15. The third-order valence-electron chi connectivity index (χ3n) is 7.01. The number of nitrogens with one attached hydrogen (secondary N) is 2. The summed E-state index contributed by atoms with van der Waals surface area (Å²) >= 11 is 0. The smallest absolute Gasteiger partial charge is 0.227 e. The lowest BCUT2D eigenvalue weighted by Gasteiger charge is -2.37. The molecule has 2 saturated heterocycles. The van der Waals surface area contributed by atoms with E-state index in [1.807, 2.05) is 30.3 Å². The fourth-order valence-corrected chi connectivity index (χ4v) is 5.15. The quantitative estimate of drug-likeness (QED) is 0.554. The number of amides is 2. The molecule has 3 N–H and O–H groups in total. The lowest BCUT2D eigenvalue weighted by atomic mass is 9.84. The fraction of sp³-hybridized carbons (Fsp3) is 0.500. The molecule has 4 heterocycles. The molecule has 3 aliphatic heterocycles. The number of carbonyl (C=O) groups excluding carboxylic acids is 2. The lowest BCUT2D eigenvalue weighted by molar-refractivity contribution is -0.142. The van der Waals surface area contributed by atoms with Crippen molar-refractivity contribution in [3.8, 4) is 5.75 Å². The van der Waals surface area contributed by atoms with Crippen LogP contribution < -0.4 is 15.4 Å². The third-order valence-corrected chi connectivity index (χ3v) is 7.01. The van der Waals surface area contributed by atoms with Crippen LogP contribution in [0.1, 0.15) is 42.7 Å². The van der Waals surface area contributed by atoms with Crippen LogP contribution in [0, 0.1) is 5.92 Å². The number of benzene rings is 1. The Kier molecular flexibility index (Phi) is 7.26. The number of ether oxygens (including phenoxy) is 3. The van der Waals surface area contributed by atoms with Crippen LogP contribution in [0.5, 0.6) is 5.75 Å². The van der Waals surface area contributed by atoms with Gasteiger partial charge in [0, 0.05) is 55.2 Å². The molecule has 0 saturated carbocycles. The van der Waals surface area contributed by atoms with Crippen molar-refractivity contribution in [1.29, 1.82) is 0 Å². The zero-order valence-electron chi connectivity index (χ0n) is 19.5. The SMILES string of the molecule is O=C(C[C@@H]1C[C@H]2c3cc(NC(=O)C4CCOCC4)ccc3O[C@H]2[C@H](CO)O1)NCc1ccncc1. The van der Waals surface area contributed by atoms with E-state index in [4.69, 9.17) is 14.2 Å². The predicted molar refractivity (Wildman–Crippen MR) is 127 cm³/mol. The normalized spacial score (nSPS) is 25.7. The van der Waals surface area contributed by atoms with Crippen molar-refractivity contribution in [1.82, 2.24) is 10.3 Å². The maximum Gasteiger partial charge on any atom is 0.227 e. The van der Waals surface area contributed by atoms with E-state index in [2.05, 4.69) is 15.6 Å². The first-order valence-corrected chi connectivity index (χ1v) is 12.2. The van der Waals surface area contributed by atoms with E-state index in [1.54, 1.807) is 12.4 Å². The van der Waals surface area contributed by atoms with Crippen molar-refractivity contribution in [2.24, 2.45) is 5.92 Å². The molecule has 2 amide bonds. The van der Waals surface area contributed by atoms with Gasteiger partial charge in [-0.2, -0.15) is 0 Å². The second kappa shape index (κ2) is 10.7. The van der Waals surface area contributed by atoms with Crippen molar-refractivity contribution >= 4 is 17.5 Å². The van der Waals surface area contributed by atoms with E-state index >= 15 is 0 Å². The first-order valence-electron chi connectivity index (χ1n) is 12.2. The van der Waals surface area contributed by atoms with Gasteiger partial charge < -0.3 is 30.0 Å². The molecule has 1 aromatic heterocycles. The summed E-state index contributed by atoms with van der Waals surface area (Å²) < 4.78 is 17.5. The molecule has 0 bridgehead atoms. The topological polar surface area (TPSA) is 119 Å². The highest BCUT2D eigenvalue weighted by Gasteiger charge is 2.46. The average Bonchev–Trinajstić information content (AvgIpc) is 3.26. The minimum Gasteiger partial charge on any atom is -0.487 e. The van der Waals surface area contributed by atoms with Gasteiger partial charge in [0.25, 0.3) is 0 Å². The number of aliphatic hydroxyl groups excluding tert-OH is 1. The van der Waals surface area contributed by atoms with Gasteiger partial charge in [-0.3, -0.25) is 14.6 Å². The first kappa shape index (κ1) is 23.7. The summed E-state index contributed by atoms with van der Waals surface area (Å²) in [4.78, 5) is 29.3. The first-order chi connectivity index (χ1) is 17.1. The Labute approximate surface area is 204 Å². The number of fused-ring (bicyclic) bond motifs is 3. The highest BCUT2D eigenvalue weighted by Crippen LogP contribution is 2.47. The molecule has 0 radical (unpaired) electrons. The number of hydrogen-bond donors (Lipinski definition) is 3. The van der Waals surface area contributed by atoms with Gasteiger partial charge in [0.2, 0.25) is 11.8 Å². The van der Waals surface area contributed by atoms with Crippen molar-refractivity contribution in [3.05, 3.63) is 53.9 Å². The maximum absolute atomic E-state index is 12.7. The Morgan fingerprint density at radius 2 is 1.91 bits per heavy atom. The number of pyridine rings is 1. The number of carbonyl (C=O) groups is 2. The molecule has 1 aromatic carbocycles. The summed E-state index contributed by atoms with van der Waals surface area (Å²) in [6.45, 7) is 1.45. The Bertz CT molecular complexity index is 1040. The second-order valence-electron chi connectivity index (χ2n) is 9.37. The average molecular weight is 482 g/mol. The summed E-state index contributed by atoms with van der Waals surface area (Å²) in [5.41, 5.74) is 2.67. The van der Waals surface area contributed by atoms with Gasteiger partial charge >= 0.3 is 0 Å². The van der Waals surface area contributed by atoms with Gasteiger partial charge in [-0.1, -0.05) is 0 Å². The van der Waals surface area contributed by atoms with E-state index in [9.17, 15) is 14.7 Å². The maximum atomic E-state index is 12.7. The van der Waals surface area contributed by atoms with Crippen LogP contribution in [0.4, 0.5) is 5.69 Å². The minimum absolute atomic E-state index is 0.00710. The molecule has 0 unspecified atom stereocenters. The Morgan fingerprint density at radius 1 is 1.11 bits per heavy atom. The van der Waals surface area contributed by atoms with Crippen LogP contribution >= 0.6 is 0 Å². The largest absolute Gasteiger partial charge is 0.487 e. The van der Waals surface area contributed by atoms with Gasteiger partial charge in [0.1, 0.15) is 18.0 Å². The summed E-state index contributed by atoms with van der Waals surface area (Å²) in [5, 5.41) is 15.9. The Balaban J connectivity index is 1.24. The zero-order chi connectivity index (χ0) is 24.2. The van der Waals surface area contributed by atoms with Gasteiger partial charge in [0.05, 0.1) is 19.1 Å². The molecule has 9 nitrogen and oxygen atoms in total. The summed E-state index contributed by atoms with van der Waals surface area (Å²) in [6, 6.07) is 9.37. The van der Waals surface area contributed by atoms with E-state index in [-0.39, 0.29) is 48.9 Å². The van der Waals surface area contributed by atoms with Crippen LogP contribution in [-0.2, 0) is 25.6 Å². The van der Waals surface area contributed by atoms with Gasteiger partial charge in [0.15, 0.2) is 0 Å². The molecule has 186 valence electrons. The Morgan fingerprint density at radius 3 is 2.69 bits per heavy atom. The number of hydrogen-bond acceptors (Lipinski definition) is 7. The molecule has 4 atom stereocenters. The standard InChI is InChI=1S/C26H31N3O6/c30-15-23-25-21(12-19(34-23)13-24(31)28-14-16-3-7-27-8-4-16)20-11-18(1-2-22(20)35-25)29-26(32)17-5-9-33-10-6-17/h1-4,7-8,11,17,19,21,23,25,30H,5-6,9-10,12-15H2,(H,28,31)(H,29,32)/t19-,21-,23-,25+/m0/s1. The van der Waals surface area contributed by atoms with Crippen LogP contribution in [0.2, 0.25) is 0 Å². The van der Waals surface area contributed by atoms with E-state index in [0.29, 0.717) is 26.2 Å². The van der Waals surface area contributed by atoms with Crippen molar-refractivity contribution in [2.45, 2.75) is 56.5 Å². The highest BCUT2D eigenvalue weighted by atomic mass is 16.6. The molecule has 0 aliphatic carbocycles. The molecular weight excluding hydrogens is 450 g/mol. The van der Waals surface area contributed by atoms with E-state index in [1.165, 1.54) is 0 Å². The Hall–Kier alpha value is -3.01. The molecule has 5 rings (SSSR count). The van der Waals surface area contributed by atoms with Crippen LogP contribution in [0.15, 0.2) is 42.7 Å². The fourth-order valence-electron chi connectivity index (χ4n) is 5.15. The van der Waals surface area contributed by atoms with Crippen LogP contribution in [0.3, 0.4) is 0 Å². The van der Waals surface area contributed by atoms with Crippen molar-refractivity contribution in [2.75, 3.05) is 25.1 Å². The van der Waals surface area contributed by atoms with Gasteiger partial charge in [-0.15, -0.1) is 0 Å². The molecule has 2 aromatic rings. The molecule has 0 spiro atoms. The number of aliphatic hydroxyl groups is 1. The number of aromatic nitrogens is 1. The van der Waals surface area contributed by atoms with Crippen molar-refractivity contribution < 1.29 is 28.9 Å². The van der Waals surface area contributed by atoms with Crippen LogP contribution in [-0.4, -0.2) is 60.0 Å². The second-order valence-corrected chi connectivity index (χ2v) is 9.37. The molecule has 2 fully saturated rings. The molecule has 9 heteroatoms. The number of anilines is 1. The molecule has 35 heavy (non-hydrogen) atoms. The van der Waals surface area contributed by atoms with Crippen LogP contribution in [0.25, 0.3) is 0 Å². The van der Waals surface area contributed by atoms with Gasteiger partial charge in [-0.05, 0) is 55.2 Å². The summed E-state index contributed by atoms with van der Waals surface area (Å²) in [5.74, 6) is 0.548. The van der Waals surface area contributed by atoms with Gasteiger partial charge in [-0.25, -0.2) is 0 Å². The zero-order valence-corrected chi connectivity index (χ0v) is 19.5. The summed E-state index contributed by atoms with van der Waals surface area (Å²) in [7, 11) is 0. The number of rotatable bonds is 7. The number of nitrogens with zero attached hydrogens (tertiary/aromatic N) is 1. The van der Waals surface area contributed by atoms with E-state index in [0.717, 1.165) is 35.4 Å². The van der Waals surface area contributed by atoms with E-state index < -0.39 is 6.10 Å². The monoisotopic (exact) mass is 481 g/mol. The minimum atomic E-state index is -0.528. The third kappa shape index (κ3) is 5.47. The highest BCUT2D eigenvalue weighted by molar-refractivity contribution is 5.92. The molecular formula is C26H31N3O6. The van der Waals surface area contributed by atoms with Crippen molar-refractivity contribution in [3.63, 3.8) is 0 Å². The summed E-state index contributed by atoms with van der Waals surface area (Å²) in [6.07, 6.45) is 4.42.